The van der Waals surface area contributed by atoms with E-state index < -0.39 is 38.4 Å². The Kier molecular flexibility index (Phi) is 5.55. The van der Waals surface area contributed by atoms with E-state index in [1.54, 1.807) is 0 Å². The van der Waals surface area contributed by atoms with Gasteiger partial charge in [0, 0.05) is 0 Å². The minimum Gasteiger partial charge on any atom is -0.489 e. The van der Waals surface area contributed by atoms with Crippen molar-refractivity contribution < 1.29 is 39.5 Å². The van der Waals surface area contributed by atoms with Gasteiger partial charge in [-0.2, -0.15) is 26.3 Å². The molecular weight excluding hydrogens is 472 g/mol. The zero-order valence-corrected chi connectivity index (χ0v) is 17.4. The summed E-state index contributed by atoms with van der Waals surface area (Å²) in [5.74, 6) is 0.0880. The number of halogens is 6. The van der Waals surface area contributed by atoms with Gasteiger partial charge in [0.15, 0.2) is 0 Å². The van der Waals surface area contributed by atoms with Gasteiger partial charge in [0.05, 0.1) is 28.3 Å². The third-order valence-corrected chi connectivity index (χ3v) is 6.88. The normalized spacial score (nSPS) is 14.5. The van der Waals surface area contributed by atoms with E-state index in [-0.39, 0.29) is 35.7 Å². The first-order valence-corrected chi connectivity index (χ1v) is 11.0. The Labute approximate surface area is 185 Å². The molecule has 0 fully saturated rings. The number of ether oxygens (including phenoxy) is 1. The van der Waals surface area contributed by atoms with Gasteiger partial charge in [0.25, 0.3) is 10.0 Å². The maximum atomic E-state index is 13.5. The number of anilines is 1. The Balaban J connectivity index is 1.83. The van der Waals surface area contributed by atoms with Crippen LogP contribution in [-0.2, 0) is 22.4 Å². The van der Waals surface area contributed by atoms with Gasteiger partial charge in [-0.15, -0.1) is 0 Å². The number of benzene rings is 3. The van der Waals surface area contributed by atoms with Gasteiger partial charge < -0.3 is 4.74 Å². The highest BCUT2D eigenvalue weighted by Gasteiger charge is 2.36. The lowest BCUT2D eigenvalue weighted by atomic mass is 9.98. The van der Waals surface area contributed by atoms with Crippen LogP contribution in [0.15, 0.2) is 71.6 Å². The number of nitrogens with zero attached hydrogens (tertiary/aromatic N) is 1. The van der Waals surface area contributed by atoms with Gasteiger partial charge in [-0.1, -0.05) is 30.3 Å². The fourth-order valence-corrected chi connectivity index (χ4v) is 5.05. The van der Waals surface area contributed by atoms with E-state index in [1.807, 2.05) is 0 Å². The zero-order valence-electron chi connectivity index (χ0n) is 16.6. The number of rotatable bonds is 3. The Hall–Kier alpha value is -3.21. The number of sulfonamides is 1. The van der Waals surface area contributed by atoms with Crippen molar-refractivity contribution in [1.82, 2.24) is 0 Å². The van der Waals surface area contributed by atoms with Gasteiger partial charge in [-0.3, -0.25) is 4.31 Å². The molecule has 0 amide bonds. The predicted molar refractivity (Wildman–Crippen MR) is 108 cm³/mol. The van der Waals surface area contributed by atoms with E-state index >= 15 is 0 Å². The van der Waals surface area contributed by atoms with Gasteiger partial charge in [-0.25, -0.2) is 8.42 Å². The quantitative estimate of drug-likeness (QED) is 0.427. The van der Waals surface area contributed by atoms with E-state index in [9.17, 15) is 34.8 Å². The Bertz CT molecular complexity index is 1300. The van der Waals surface area contributed by atoms with Crippen molar-refractivity contribution in [2.45, 2.75) is 17.2 Å². The second kappa shape index (κ2) is 7.98. The summed E-state index contributed by atoms with van der Waals surface area (Å²) in [5, 5.41) is 0. The van der Waals surface area contributed by atoms with Crippen molar-refractivity contribution in [2.24, 2.45) is 0 Å². The first-order chi connectivity index (χ1) is 15.4. The van der Waals surface area contributed by atoms with Crippen LogP contribution in [-0.4, -0.2) is 21.6 Å². The van der Waals surface area contributed by atoms with Crippen molar-refractivity contribution in [3.05, 3.63) is 77.9 Å². The third kappa shape index (κ3) is 4.37. The maximum Gasteiger partial charge on any atom is 0.417 e. The molecule has 0 unspecified atom stereocenters. The molecule has 1 aliphatic heterocycles. The van der Waals surface area contributed by atoms with Gasteiger partial charge in [-0.05, 0) is 47.5 Å². The van der Waals surface area contributed by atoms with E-state index in [0.717, 1.165) is 28.6 Å². The molecule has 3 aromatic carbocycles. The molecule has 1 aliphatic rings. The van der Waals surface area contributed by atoms with Crippen LogP contribution in [0.3, 0.4) is 0 Å². The second-order valence-corrected chi connectivity index (χ2v) is 9.04. The molecule has 0 atom stereocenters. The van der Waals surface area contributed by atoms with E-state index in [1.165, 1.54) is 36.4 Å². The van der Waals surface area contributed by atoms with Crippen LogP contribution < -0.4 is 9.04 Å². The molecule has 0 aliphatic carbocycles. The highest BCUT2D eigenvalue weighted by atomic mass is 32.2. The summed E-state index contributed by atoms with van der Waals surface area (Å²) < 4.78 is 112. The summed E-state index contributed by atoms with van der Waals surface area (Å²) in [7, 11) is -4.46. The van der Waals surface area contributed by atoms with Gasteiger partial charge in [0.2, 0.25) is 0 Å². The van der Waals surface area contributed by atoms with Gasteiger partial charge in [0.1, 0.15) is 12.4 Å². The lowest BCUT2D eigenvalue weighted by Gasteiger charge is -2.31. The van der Waals surface area contributed by atoms with Crippen molar-refractivity contribution in [1.29, 1.82) is 0 Å². The van der Waals surface area contributed by atoms with Crippen LogP contribution in [0.1, 0.15) is 11.1 Å². The highest BCUT2D eigenvalue weighted by molar-refractivity contribution is 7.92. The fourth-order valence-electron chi connectivity index (χ4n) is 3.55. The molecule has 11 heteroatoms. The van der Waals surface area contributed by atoms with Crippen molar-refractivity contribution in [3.8, 4) is 16.9 Å². The standard InChI is InChI=1S/C22H15F6NO3S/c23-21(24,25)15-4-3-5-16(13-15)33(30,31)29-10-11-32-20-9-8-14(12-19(20)29)17-6-1-2-7-18(17)22(26,27)28/h1-9,12-13H,10-11H2. The smallest absolute Gasteiger partial charge is 0.417 e. The number of hydrogen-bond donors (Lipinski definition) is 0. The molecule has 1 heterocycles. The molecule has 3 aromatic rings. The Morgan fingerprint density at radius 3 is 2.24 bits per heavy atom. The molecule has 0 N–H and O–H groups in total. The van der Waals surface area contributed by atoms with Crippen LogP contribution in [0.4, 0.5) is 32.0 Å². The largest absolute Gasteiger partial charge is 0.489 e. The molecule has 174 valence electrons. The predicted octanol–water partition coefficient (Wildman–Crippen LogP) is 5.98. The molecule has 33 heavy (non-hydrogen) atoms. The van der Waals surface area contributed by atoms with Crippen LogP contribution >= 0.6 is 0 Å². The highest BCUT2D eigenvalue weighted by Crippen LogP contribution is 2.42. The molecule has 0 bridgehead atoms. The maximum absolute atomic E-state index is 13.5. The SMILES string of the molecule is O=S(=O)(c1cccc(C(F)(F)F)c1)N1CCOc2ccc(-c3ccccc3C(F)(F)F)cc21. The molecular formula is C22H15F6NO3S. The summed E-state index contributed by atoms with van der Waals surface area (Å²) in [6, 6.07) is 12.0. The van der Waals surface area contributed by atoms with Gasteiger partial charge >= 0.3 is 12.4 Å². The molecule has 0 spiro atoms. The second-order valence-electron chi connectivity index (χ2n) is 7.18. The molecule has 0 saturated heterocycles. The summed E-state index contributed by atoms with van der Waals surface area (Å²) in [6.07, 6.45) is -9.39. The van der Waals surface area contributed by atoms with Crippen LogP contribution in [0.2, 0.25) is 0 Å². The average molecular weight is 487 g/mol. The topological polar surface area (TPSA) is 46.6 Å². The number of alkyl halides is 6. The molecule has 0 saturated carbocycles. The fraction of sp³-hybridized carbons (Fsp3) is 0.182. The summed E-state index contributed by atoms with van der Waals surface area (Å²) in [5.41, 5.74) is -2.20. The molecule has 0 radical (unpaired) electrons. The van der Waals surface area contributed by atoms with E-state index in [4.69, 9.17) is 4.74 Å². The van der Waals surface area contributed by atoms with E-state index in [2.05, 4.69) is 0 Å². The van der Waals surface area contributed by atoms with Crippen LogP contribution in [0.5, 0.6) is 5.75 Å². The van der Waals surface area contributed by atoms with Crippen molar-refractivity contribution in [3.63, 3.8) is 0 Å². The lowest BCUT2D eigenvalue weighted by Crippen LogP contribution is -2.38. The monoisotopic (exact) mass is 487 g/mol. The minimum atomic E-state index is -4.75. The first-order valence-electron chi connectivity index (χ1n) is 9.52. The third-order valence-electron chi connectivity index (χ3n) is 5.07. The summed E-state index contributed by atoms with van der Waals surface area (Å²) >= 11 is 0. The van der Waals surface area contributed by atoms with Crippen LogP contribution in [0.25, 0.3) is 11.1 Å². The van der Waals surface area contributed by atoms with Crippen LogP contribution in [0, 0.1) is 0 Å². The van der Waals surface area contributed by atoms with E-state index in [0.29, 0.717) is 6.07 Å². The number of fused-ring (bicyclic) bond motifs is 1. The van der Waals surface area contributed by atoms with Crippen molar-refractivity contribution >= 4 is 15.7 Å². The molecule has 0 aromatic heterocycles. The molecule has 4 rings (SSSR count). The minimum absolute atomic E-state index is 0.0619. The Morgan fingerprint density at radius 1 is 0.818 bits per heavy atom. The summed E-state index contributed by atoms with van der Waals surface area (Å²) in [6.45, 7) is -0.306. The first kappa shape index (κ1) is 23.0. The lowest BCUT2D eigenvalue weighted by molar-refractivity contribution is -0.138. The summed E-state index contributed by atoms with van der Waals surface area (Å²) in [4.78, 5) is -0.591. The average Bonchev–Trinajstić information content (AvgIpc) is 2.77. The number of hydrogen-bond acceptors (Lipinski definition) is 3. The molecule has 4 nitrogen and oxygen atoms in total. The Morgan fingerprint density at radius 2 is 1.55 bits per heavy atom. The van der Waals surface area contributed by atoms with Crippen molar-refractivity contribution in [2.75, 3.05) is 17.5 Å². The zero-order chi connectivity index (χ0) is 24.0.